The molecule has 1 aliphatic rings. The molecule has 5 nitrogen and oxygen atoms in total. The van der Waals surface area contributed by atoms with Gasteiger partial charge in [0.1, 0.15) is 5.75 Å². The Balaban J connectivity index is 1.95. The summed E-state index contributed by atoms with van der Waals surface area (Å²) in [7, 11) is 0. The summed E-state index contributed by atoms with van der Waals surface area (Å²) >= 11 is 0. The van der Waals surface area contributed by atoms with E-state index < -0.39 is 5.97 Å². The fourth-order valence-electron chi connectivity index (χ4n) is 2.19. The first-order chi connectivity index (χ1) is 9.56. The molecule has 0 fully saturated rings. The van der Waals surface area contributed by atoms with Crippen LogP contribution in [0.2, 0.25) is 0 Å². The minimum Gasteiger partial charge on any atom is -0.482 e. The van der Waals surface area contributed by atoms with Crippen LogP contribution in [0, 0.1) is 0 Å². The molecule has 0 aromatic heterocycles. The number of amides is 1. The first kappa shape index (κ1) is 14.1. The smallest absolute Gasteiger partial charge is 0.341 e. The molecule has 0 atom stereocenters. The van der Waals surface area contributed by atoms with Gasteiger partial charge in [0.05, 0.1) is 0 Å². The van der Waals surface area contributed by atoms with Gasteiger partial charge in [0.25, 0.3) is 5.91 Å². The third kappa shape index (κ3) is 3.60. The second-order valence-electron chi connectivity index (χ2n) is 4.77. The van der Waals surface area contributed by atoms with Gasteiger partial charge in [0.15, 0.2) is 6.61 Å². The van der Waals surface area contributed by atoms with Gasteiger partial charge in [-0.25, -0.2) is 4.79 Å². The Morgan fingerprint density at radius 3 is 2.50 bits per heavy atom. The number of benzene rings is 1. The summed E-state index contributed by atoms with van der Waals surface area (Å²) in [5, 5.41) is 11.3. The Bertz CT molecular complexity index is 545. The van der Waals surface area contributed by atoms with Crippen molar-refractivity contribution in [1.82, 2.24) is 0 Å². The number of carboxylic acid groups (broad SMARTS) is 1. The van der Waals surface area contributed by atoms with Gasteiger partial charge >= 0.3 is 5.97 Å². The summed E-state index contributed by atoms with van der Waals surface area (Å²) in [5.74, 6) is -0.619. The van der Waals surface area contributed by atoms with Gasteiger partial charge in [-0.05, 0) is 50.5 Å². The van der Waals surface area contributed by atoms with E-state index in [9.17, 15) is 9.59 Å². The number of allylic oxidation sites excluding steroid dienone is 1. The van der Waals surface area contributed by atoms with Crippen molar-refractivity contribution < 1.29 is 19.4 Å². The summed E-state index contributed by atoms with van der Waals surface area (Å²) in [6.45, 7) is 1.61. The molecule has 0 saturated carbocycles. The Hall–Kier alpha value is -2.30. The van der Waals surface area contributed by atoms with Gasteiger partial charge in [-0.1, -0.05) is 5.57 Å². The van der Waals surface area contributed by atoms with Gasteiger partial charge in [-0.3, -0.25) is 4.79 Å². The molecule has 0 aliphatic heterocycles. The molecule has 1 aromatic rings. The summed E-state index contributed by atoms with van der Waals surface area (Å²) in [6.07, 6.45) is 2.86. The van der Waals surface area contributed by atoms with Gasteiger partial charge in [-0.2, -0.15) is 0 Å². The highest BCUT2D eigenvalue weighted by Crippen LogP contribution is 2.26. The average Bonchev–Trinajstić information content (AvgIpc) is 2.84. The molecule has 0 unspecified atom stereocenters. The van der Waals surface area contributed by atoms with Crippen molar-refractivity contribution in [3.8, 4) is 5.75 Å². The molecule has 106 valence electrons. The predicted octanol–water partition coefficient (Wildman–Crippen LogP) is 2.59. The molecule has 20 heavy (non-hydrogen) atoms. The largest absolute Gasteiger partial charge is 0.482 e. The Morgan fingerprint density at radius 1 is 1.25 bits per heavy atom. The zero-order valence-electron chi connectivity index (χ0n) is 11.3. The predicted molar refractivity (Wildman–Crippen MR) is 74.8 cm³/mol. The second kappa shape index (κ2) is 6.23. The van der Waals surface area contributed by atoms with Crippen LogP contribution in [-0.2, 0) is 9.59 Å². The lowest BCUT2D eigenvalue weighted by Gasteiger charge is -2.08. The van der Waals surface area contributed by atoms with Gasteiger partial charge in [-0.15, -0.1) is 0 Å². The van der Waals surface area contributed by atoms with Crippen molar-refractivity contribution in [2.75, 3.05) is 11.9 Å². The third-order valence-corrected chi connectivity index (χ3v) is 3.24. The quantitative estimate of drug-likeness (QED) is 0.866. The van der Waals surface area contributed by atoms with Crippen molar-refractivity contribution in [2.45, 2.75) is 26.2 Å². The van der Waals surface area contributed by atoms with E-state index in [4.69, 9.17) is 9.84 Å². The molecule has 2 rings (SSSR count). The van der Waals surface area contributed by atoms with Crippen LogP contribution in [0.25, 0.3) is 0 Å². The van der Waals surface area contributed by atoms with Crippen LogP contribution in [0.15, 0.2) is 35.4 Å². The van der Waals surface area contributed by atoms with E-state index >= 15 is 0 Å². The topological polar surface area (TPSA) is 75.6 Å². The van der Waals surface area contributed by atoms with E-state index in [2.05, 4.69) is 5.32 Å². The van der Waals surface area contributed by atoms with Gasteiger partial charge < -0.3 is 15.2 Å². The number of carbonyl (C=O) groups is 2. The lowest BCUT2D eigenvalue weighted by molar-refractivity contribution is -0.139. The van der Waals surface area contributed by atoms with Crippen molar-refractivity contribution in [2.24, 2.45) is 0 Å². The number of aliphatic carboxylic acids is 1. The summed E-state index contributed by atoms with van der Waals surface area (Å²) < 4.78 is 5.02. The number of carboxylic acids is 1. The summed E-state index contributed by atoms with van der Waals surface area (Å²) in [6, 6.07) is 6.66. The minimum atomic E-state index is -1.02. The monoisotopic (exact) mass is 275 g/mol. The molecule has 5 heteroatoms. The number of rotatable bonds is 5. The highest BCUT2D eigenvalue weighted by Gasteiger charge is 2.17. The highest BCUT2D eigenvalue weighted by atomic mass is 16.5. The zero-order valence-corrected chi connectivity index (χ0v) is 11.3. The molecular weight excluding hydrogens is 258 g/mol. The first-order valence-electron chi connectivity index (χ1n) is 6.51. The van der Waals surface area contributed by atoms with Crippen molar-refractivity contribution in [3.63, 3.8) is 0 Å². The SMILES string of the molecule is CC1=C(C(=O)Nc2ccc(OCC(=O)O)cc2)CCC1. The summed E-state index contributed by atoms with van der Waals surface area (Å²) in [5.41, 5.74) is 2.70. The van der Waals surface area contributed by atoms with Crippen molar-refractivity contribution >= 4 is 17.6 Å². The number of ether oxygens (including phenoxy) is 1. The molecule has 0 radical (unpaired) electrons. The lowest BCUT2D eigenvalue weighted by atomic mass is 10.1. The molecule has 0 heterocycles. The number of hydrogen-bond acceptors (Lipinski definition) is 3. The Kier molecular flexibility index (Phi) is 4.40. The van der Waals surface area contributed by atoms with E-state index in [0.717, 1.165) is 30.4 Å². The molecule has 0 spiro atoms. The van der Waals surface area contributed by atoms with Crippen LogP contribution in [0.5, 0.6) is 5.75 Å². The molecule has 2 N–H and O–H groups in total. The van der Waals surface area contributed by atoms with Gasteiger partial charge in [0.2, 0.25) is 0 Å². The van der Waals surface area contributed by atoms with Crippen LogP contribution >= 0.6 is 0 Å². The zero-order chi connectivity index (χ0) is 14.5. The molecule has 1 aromatic carbocycles. The van der Waals surface area contributed by atoms with Crippen molar-refractivity contribution in [3.05, 3.63) is 35.4 Å². The van der Waals surface area contributed by atoms with Crippen LogP contribution in [0.3, 0.4) is 0 Å². The van der Waals surface area contributed by atoms with Crippen LogP contribution in [-0.4, -0.2) is 23.6 Å². The normalized spacial score (nSPS) is 14.2. The Morgan fingerprint density at radius 2 is 1.95 bits per heavy atom. The van der Waals surface area contributed by atoms with E-state index in [1.54, 1.807) is 24.3 Å². The average molecular weight is 275 g/mol. The fourth-order valence-corrected chi connectivity index (χ4v) is 2.19. The fraction of sp³-hybridized carbons (Fsp3) is 0.333. The third-order valence-electron chi connectivity index (χ3n) is 3.24. The molecule has 1 aliphatic carbocycles. The maximum atomic E-state index is 12.0. The summed E-state index contributed by atoms with van der Waals surface area (Å²) in [4.78, 5) is 22.4. The van der Waals surface area contributed by atoms with E-state index in [0.29, 0.717) is 11.4 Å². The van der Waals surface area contributed by atoms with E-state index in [1.165, 1.54) is 0 Å². The van der Waals surface area contributed by atoms with E-state index in [-0.39, 0.29) is 12.5 Å². The molecule has 0 saturated heterocycles. The van der Waals surface area contributed by atoms with Crippen LogP contribution < -0.4 is 10.1 Å². The first-order valence-corrected chi connectivity index (χ1v) is 6.51. The van der Waals surface area contributed by atoms with E-state index in [1.807, 2.05) is 6.92 Å². The van der Waals surface area contributed by atoms with Crippen LogP contribution in [0.4, 0.5) is 5.69 Å². The molecule has 1 amide bonds. The maximum absolute atomic E-state index is 12.0. The number of nitrogens with one attached hydrogen (secondary N) is 1. The lowest BCUT2D eigenvalue weighted by Crippen LogP contribution is -2.14. The Labute approximate surface area is 117 Å². The van der Waals surface area contributed by atoms with Crippen LogP contribution in [0.1, 0.15) is 26.2 Å². The minimum absolute atomic E-state index is 0.0563. The number of hydrogen-bond donors (Lipinski definition) is 2. The molecular formula is C15H17NO4. The van der Waals surface area contributed by atoms with Crippen molar-refractivity contribution in [1.29, 1.82) is 0 Å². The van der Waals surface area contributed by atoms with Gasteiger partial charge in [0, 0.05) is 11.3 Å². The standard InChI is InChI=1S/C15H17NO4/c1-10-3-2-4-13(10)15(19)16-11-5-7-12(8-6-11)20-9-14(17)18/h5-8H,2-4,9H2,1H3,(H,16,19)(H,17,18). The number of carbonyl (C=O) groups excluding carboxylic acids is 1. The number of anilines is 1. The maximum Gasteiger partial charge on any atom is 0.341 e. The second-order valence-corrected chi connectivity index (χ2v) is 4.77. The highest BCUT2D eigenvalue weighted by molar-refractivity contribution is 6.04. The molecule has 0 bridgehead atoms.